The summed E-state index contributed by atoms with van der Waals surface area (Å²) in [7, 11) is 0. The summed E-state index contributed by atoms with van der Waals surface area (Å²) in [5, 5.41) is 12.1. The van der Waals surface area contributed by atoms with Crippen LogP contribution in [-0.4, -0.2) is 6.54 Å². The van der Waals surface area contributed by atoms with Gasteiger partial charge in [0.05, 0.1) is 11.6 Å². The number of hydrogen-bond donors (Lipinski definition) is 1. The van der Waals surface area contributed by atoms with E-state index in [0.717, 1.165) is 12.1 Å². The lowest BCUT2D eigenvalue weighted by Crippen LogP contribution is -2.23. The molecule has 0 aromatic heterocycles. The van der Waals surface area contributed by atoms with E-state index in [4.69, 9.17) is 5.26 Å². The van der Waals surface area contributed by atoms with Crippen LogP contribution < -0.4 is 5.32 Å². The van der Waals surface area contributed by atoms with E-state index in [2.05, 4.69) is 32.2 Å². The van der Waals surface area contributed by atoms with Gasteiger partial charge in [-0.3, -0.25) is 0 Å². The van der Waals surface area contributed by atoms with E-state index in [1.165, 1.54) is 5.56 Å². The highest BCUT2D eigenvalue weighted by molar-refractivity contribution is 5.32. The second-order valence-corrected chi connectivity index (χ2v) is 4.26. The molecule has 80 valence electrons. The number of benzene rings is 1. The smallest absolute Gasteiger partial charge is 0.0991 e. The van der Waals surface area contributed by atoms with Crippen molar-refractivity contribution in [3.8, 4) is 6.07 Å². The molecule has 1 aromatic rings. The van der Waals surface area contributed by atoms with Gasteiger partial charge in [-0.1, -0.05) is 26.0 Å². The lowest BCUT2D eigenvalue weighted by Gasteiger charge is -2.15. The lowest BCUT2D eigenvalue weighted by molar-refractivity contribution is 0.496. The maximum atomic E-state index is 8.68. The molecule has 2 heteroatoms. The van der Waals surface area contributed by atoms with Gasteiger partial charge in [-0.05, 0) is 37.1 Å². The van der Waals surface area contributed by atoms with Crippen molar-refractivity contribution in [1.82, 2.24) is 5.32 Å². The molecule has 0 saturated carbocycles. The Kier molecular flexibility index (Phi) is 4.33. The molecular weight excluding hydrogens is 184 g/mol. The van der Waals surface area contributed by atoms with Gasteiger partial charge in [0.25, 0.3) is 0 Å². The van der Waals surface area contributed by atoms with Crippen molar-refractivity contribution in [2.45, 2.75) is 26.8 Å². The molecule has 15 heavy (non-hydrogen) atoms. The maximum absolute atomic E-state index is 8.68. The van der Waals surface area contributed by atoms with Gasteiger partial charge in [0.15, 0.2) is 0 Å². The number of rotatable bonds is 4. The SMILES string of the molecule is CC(C)CNC(C)c1ccc(C#N)cc1. The van der Waals surface area contributed by atoms with Gasteiger partial charge in [-0.2, -0.15) is 5.26 Å². The van der Waals surface area contributed by atoms with Crippen molar-refractivity contribution in [2.24, 2.45) is 5.92 Å². The van der Waals surface area contributed by atoms with Crippen molar-refractivity contribution in [3.05, 3.63) is 35.4 Å². The minimum Gasteiger partial charge on any atom is -0.310 e. The summed E-state index contributed by atoms with van der Waals surface area (Å²) in [5.74, 6) is 0.658. The highest BCUT2D eigenvalue weighted by Gasteiger charge is 2.04. The van der Waals surface area contributed by atoms with Crippen molar-refractivity contribution in [3.63, 3.8) is 0 Å². The van der Waals surface area contributed by atoms with E-state index in [-0.39, 0.29) is 0 Å². The van der Waals surface area contributed by atoms with Crippen molar-refractivity contribution < 1.29 is 0 Å². The molecule has 1 N–H and O–H groups in total. The van der Waals surface area contributed by atoms with Gasteiger partial charge in [-0.15, -0.1) is 0 Å². The number of nitrogens with one attached hydrogen (secondary N) is 1. The van der Waals surface area contributed by atoms with Crippen LogP contribution in [0, 0.1) is 17.2 Å². The van der Waals surface area contributed by atoms with Gasteiger partial charge in [0.2, 0.25) is 0 Å². The Morgan fingerprint density at radius 2 is 1.80 bits per heavy atom. The molecule has 0 spiro atoms. The summed E-state index contributed by atoms with van der Waals surface area (Å²) in [4.78, 5) is 0. The maximum Gasteiger partial charge on any atom is 0.0991 e. The molecule has 0 fully saturated rings. The van der Waals surface area contributed by atoms with Crippen LogP contribution in [0.4, 0.5) is 0 Å². The molecule has 0 aliphatic heterocycles. The molecule has 0 aliphatic carbocycles. The predicted octanol–water partition coefficient (Wildman–Crippen LogP) is 2.86. The summed E-state index contributed by atoms with van der Waals surface area (Å²) in [6, 6.07) is 10.2. The second-order valence-electron chi connectivity index (χ2n) is 4.26. The first-order valence-electron chi connectivity index (χ1n) is 5.37. The van der Waals surface area contributed by atoms with Crippen LogP contribution in [0.5, 0.6) is 0 Å². The molecule has 0 heterocycles. The summed E-state index contributed by atoms with van der Waals surface area (Å²) >= 11 is 0. The van der Waals surface area contributed by atoms with E-state index in [0.29, 0.717) is 12.0 Å². The molecule has 0 aliphatic rings. The Hall–Kier alpha value is -1.33. The highest BCUT2D eigenvalue weighted by atomic mass is 14.9. The van der Waals surface area contributed by atoms with Gasteiger partial charge < -0.3 is 5.32 Å². The Bertz CT molecular complexity index is 333. The Morgan fingerprint density at radius 3 is 2.27 bits per heavy atom. The summed E-state index contributed by atoms with van der Waals surface area (Å²) < 4.78 is 0. The minimum absolute atomic E-state index is 0.347. The average Bonchev–Trinajstić information content (AvgIpc) is 2.26. The van der Waals surface area contributed by atoms with Gasteiger partial charge in [0.1, 0.15) is 0 Å². The second kappa shape index (κ2) is 5.53. The normalized spacial score (nSPS) is 12.5. The van der Waals surface area contributed by atoms with E-state index in [9.17, 15) is 0 Å². The zero-order chi connectivity index (χ0) is 11.3. The van der Waals surface area contributed by atoms with E-state index < -0.39 is 0 Å². The van der Waals surface area contributed by atoms with Gasteiger partial charge in [0, 0.05) is 6.04 Å². The van der Waals surface area contributed by atoms with Gasteiger partial charge >= 0.3 is 0 Å². The Morgan fingerprint density at radius 1 is 1.20 bits per heavy atom. The number of nitrogens with zero attached hydrogens (tertiary/aromatic N) is 1. The zero-order valence-corrected chi connectivity index (χ0v) is 9.62. The van der Waals surface area contributed by atoms with Crippen molar-refractivity contribution >= 4 is 0 Å². The fraction of sp³-hybridized carbons (Fsp3) is 0.462. The third-order valence-electron chi connectivity index (χ3n) is 2.37. The van der Waals surface area contributed by atoms with Crippen LogP contribution in [0.2, 0.25) is 0 Å². The molecular formula is C13H18N2. The fourth-order valence-electron chi connectivity index (χ4n) is 1.38. The summed E-state index contributed by atoms with van der Waals surface area (Å²) in [6.07, 6.45) is 0. The molecule has 2 nitrogen and oxygen atoms in total. The molecule has 0 amide bonds. The third-order valence-corrected chi connectivity index (χ3v) is 2.37. The van der Waals surface area contributed by atoms with E-state index in [1.54, 1.807) is 0 Å². The van der Waals surface area contributed by atoms with Gasteiger partial charge in [-0.25, -0.2) is 0 Å². The van der Waals surface area contributed by atoms with Crippen LogP contribution in [0.1, 0.15) is 37.9 Å². The standard InChI is InChI=1S/C13H18N2/c1-10(2)9-15-11(3)13-6-4-12(8-14)5-7-13/h4-7,10-11,15H,9H2,1-3H3. The average molecular weight is 202 g/mol. The molecule has 1 aromatic carbocycles. The van der Waals surface area contributed by atoms with E-state index >= 15 is 0 Å². The van der Waals surface area contributed by atoms with E-state index in [1.807, 2.05) is 24.3 Å². The first-order valence-corrected chi connectivity index (χ1v) is 5.37. The minimum atomic E-state index is 0.347. The lowest BCUT2D eigenvalue weighted by atomic mass is 10.1. The van der Waals surface area contributed by atoms with Crippen LogP contribution in [0.3, 0.4) is 0 Å². The van der Waals surface area contributed by atoms with Crippen molar-refractivity contribution in [1.29, 1.82) is 5.26 Å². The van der Waals surface area contributed by atoms with Crippen LogP contribution in [0.15, 0.2) is 24.3 Å². The quantitative estimate of drug-likeness (QED) is 0.815. The Balaban J connectivity index is 2.58. The molecule has 1 atom stereocenters. The van der Waals surface area contributed by atoms with Crippen molar-refractivity contribution in [2.75, 3.05) is 6.54 Å². The monoisotopic (exact) mass is 202 g/mol. The molecule has 0 radical (unpaired) electrons. The fourth-order valence-corrected chi connectivity index (χ4v) is 1.38. The zero-order valence-electron chi connectivity index (χ0n) is 9.62. The predicted molar refractivity (Wildman–Crippen MR) is 62.4 cm³/mol. The third kappa shape index (κ3) is 3.73. The summed E-state index contributed by atoms with van der Waals surface area (Å²) in [5.41, 5.74) is 1.95. The Labute approximate surface area is 91.9 Å². The largest absolute Gasteiger partial charge is 0.310 e. The highest BCUT2D eigenvalue weighted by Crippen LogP contribution is 2.13. The number of nitriles is 1. The first kappa shape index (κ1) is 11.7. The summed E-state index contributed by atoms with van der Waals surface area (Å²) in [6.45, 7) is 7.54. The van der Waals surface area contributed by atoms with Crippen LogP contribution >= 0.6 is 0 Å². The molecule has 1 rings (SSSR count). The van der Waals surface area contributed by atoms with Crippen LogP contribution in [-0.2, 0) is 0 Å². The number of hydrogen-bond acceptors (Lipinski definition) is 2. The topological polar surface area (TPSA) is 35.8 Å². The first-order chi connectivity index (χ1) is 7.13. The molecule has 0 bridgehead atoms. The molecule has 0 saturated heterocycles. The van der Waals surface area contributed by atoms with Crippen LogP contribution in [0.25, 0.3) is 0 Å². The molecule has 1 unspecified atom stereocenters.